The van der Waals surface area contributed by atoms with Crippen LogP contribution < -0.4 is 10.9 Å². The van der Waals surface area contributed by atoms with E-state index in [9.17, 15) is 23.5 Å². The zero-order valence-corrected chi connectivity index (χ0v) is 18.2. The number of carbonyl (C=O) groups excluding carboxylic acids is 1. The number of hydrogen-bond acceptors (Lipinski definition) is 5. The largest absolute Gasteiger partial charge is 0.505 e. The molecule has 9 heteroatoms. The van der Waals surface area contributed by atoms with Crippen molar-refractivity contribution in [3.63, 3.8) is 0 Å². The average molecular weight is 465 g/mol. The number of nitrogens with zero attached hydrogens (tertiary/aromatic N) is 2. The van der Waals surface area contributed by atoms with E-state index in [1.165, 1.54) is 54.3 Å². The third kappa shape index (κ3) is 4.65. The first-order valence-electron chi connectivity index (χ1n) is 10.4. The number of carbonyl (C=O) groups is 1. The van der Waals surface area contributed by atoms with Gasteiger partial charge in [0.15, 0.2) is 5.75 Å². The third-order valence-corrected chi connectivity index (χ3v) is 5.27. The van der Waals surface area contributed by atoms with Crippen molar-refractivity contribution in [1.29, 1.82) is 0 Å². The Morgan fingerprint density at radius 2 is 1.71 bits per heavy atom. The molecule has 4 aromatic rings. The van der Waals surface area contributed by atoms with Crippen molar-refractivity contribution in [2.24, 2.45) is 0 Å². The first-order valence-corrected chi connectivity index (χ1v) is 10.4. The number of rotatable bonds is 7. The van der Waals surface area contributed by atoms with Crippen LogP contribution in [0.4, 0.5) is 8.78 Å². The predicted octanol–water partition coefficient (Wildman–Crippen LogP) is 3.34. The summed E-state index contributed by atoms with van der Waals surface area (Å²) in [6.45, 7) is 0.351. The summed E-state index contributed by atoms with van der Waals surface area (Å²) >= 11 is 0. The van der Waals surface area contributed by atoms with E-state index in [2.05, 4.69) is 10.3 Å². The summed E-state index contributed by atoms with van der Waals surface area (Å²) < 4.78 is 32.9. The molecule has 0 unspecified atom stereocenters. The Labute approximate surface area is 193 Å². The number of halogens is 2. The fourth-order valence-corrected chi connectivity index (χ4v) is 3.63. The Balaban J connectivity index is 1.89. The van der Waals surface area contributed by atoms with E-state index < -0.39 is 28.6 Å². The van der Waals surface area contributed by atoms with Crippen LogP contribution in [0.25, 0.3) is 16.7 Å². The number of hydrogen-bond donors (Lipinski definition) is 2. The number of aromatic hydroxyl groups is 1. The molecule has 2 aromatic carbocycles. The summed E-state index contributed by atoms with van der Waals surface area (Å²) in [5.74, 6) is -2.18. The van der Waals surface area contributed by atoms with Crippen LogP contribution in [0.1, 0.15) is 21.5 Å². The standard InChI is InChI=1S/C25H21F2N3O4/c1-34-11-10-28-24(32)21-23(31)22-20(30(25(21)33)19-8-6-18(27)7-9-19)13-16(14-29-22)12-15-2-4-17(26)5-3-15/h2-9,13-14,31H,10-12H2,1H3,(H,28,32). The van der Waals surface area contributed by atoms with Crippen molar-refractivity contribution in [3.8, 4) is 11.4 Å². The van der Waals surface area contributed by atoms with E-state index in [1.807, 2.05) is 0 Å². The van der Waals surface area contributed by atoms with E-state index in [-0.39, 0.29) is 30.0 Å². The number of nitrogens with one attached hydrogen (secondary N) is 1. The Bertz CT molecular complexity index is 1400. The minimum Gasteiger partial charge on any atom is -0.505 e. The highest BCUT2D eigenvalue weighted by Gasteiger charge is 2.24. The quantitative estimate of drug-likeness (QED) is 0.409. The zero-order valence-electron chi connectivity index (χ0n) is 18.2. The molecule has 4 rings (SSSR count). The van der Waals surface area contributed by atoms with Gasteiger partial charge in [0, 0.05) is 25.5 Å². The van der Waals surface area contributed by atoms with Crippen molar-refractivity contribution in [2.75, 3.05) is 20.3 Å². The van der Waals surface area contributed by atoms with Crippen LogP contribution in [0, 0.1) is 11.6 Å². The van der Waals surface area contributed by atoms with E-state index in [4.69, 9.17) is 4.74 Å². The second kappa shape index (κ2) is 9.80. The molecule has 2 aromatic heterocycles. The first-order chi connectivity index (χ1) is 16.4. The van der Waals surface area contributed by atoms with Gasteiger partial charge in [0.05, 0.1) is 12.1 Å². The topological polar surface area (TPSA) is 93.4 Å². The minimum atomic E-state index is -0.785. The van der Waals surface area contributed by atoms with Gasteiger partial charge in [-0.3, -0.25) is 19.1 Å². The molecule has 1 amide bonds. The summed E-state index contributed by atoms with van der Waals surface area (Å²) in [6, 6.07) is 12.8. The van der Waals surface area contributed by atoms with E-state index in [0.29, 0.717) is 17.7 Å². The van der Waals surface area contributed by atoms with Crippen LogP contribution in [0.3, 0.4) is 0 Å². The van der Waals surface area contributed by atoms with Gasteiger partial charge in [0.2, 0.25) is 0 Å². The highest BCUT2D eigenvalue weighted by atomic mass is 19.1. The molecular weight excluding hydrogens is 444 g/mol. The molecule has 0 spiro atoms. The molecule has 0 fully saturated rings. The van der Waals surface area contributed by atoms with Crippen LogP contribution >= 0.6 is 0 Å². The summed E-state index contributed by atoms with van der Waals surface area (Å²) in [5, 5.41) is 13.3. The maximum Gasteiger partial charge on any atom is 0.272 e. The summed E-state index contributed by atoms with van der Waals surface area (Å²) in [7, 11) is 1.47. The lowest BCUT2D eigenvalue weighted by Crippen LogP contribution is -2.34. The molecule has 0 radical (unpaired) electrons. The molecular formula is C25H21F2N3O4. The van der Waals surface area contributed by atoms with Crippen molar-refractivity contribution in [1.82, 2.24) is 14.9 Å². The molecule has 0 aliphatic rings. The van der Waals surface area contributed by atoms with Crippen LogP contribution in [-0.2, 0) is 11.2 Å². The molecule has 7 nitrogen and oxygen atoms in total. The van der Waals surface area contributed by atoms with E-state index >= 15 is 0 Å². The number of amides is 1. The Hall–Kier alpha value is -4.11. The smallest absolute Gasteiger partial charge is 0.272 e. The Kier molecular flexibility index (Phi) is 6.65. The fourth-order valence-electron chi connectivity index (χ4n) is 3.63. The van der Waals surface area contributed by atoms with Crippen LogP contribution in [0.2, 0.25) is 0 Å². The van der Waals surface area contributed by atoms with Crippen molar-refractivity contribution < 1.29 is 23.4 Å². The summed E-state index contributed by atoms with van der Waals surface area (Å²) in [6.07, 6.45) is 1.90. The van der Waals surface area contributed by atoms with Crippen LogP contribution in [0.5, 0.6) is 5.75 Å². The molecule has 0 saturated heterocycles. The number of ether oxygens (including phenoxy) is 1. The molecule has 174 valence electrons. The SMILES string of the molecule is COCCNC(=O)c1c(O)c2ncc(Cc3ccc(F)cc3)cc2n(-c2ccc(F)cc2)c1=O. The van der Waals surface area contributed by atoms with Gasteiger partial charge in [-0.15, -0.1) is 0 Å². The number of fused-ring (bicyclic) bond motifs is 1. The fraction of sp³-hybridized carbons (Fsp3) is 0.160. The van der Waals surface area contributed by atoms with Gasteiger partial charge in [-0.05, 0) is 60.0 Å². The highest BCUT2D eigenvalue weighted by Crippen LogP contribution is 2.28. The molecule has 0 saturated carbocycles. The number of pyridine rings is 2. The molecule has 0 atom stereocenters. The van der Waals surface area contributed by atoms with Crippen molar-refractivity contribution >= 4 is 16.9 Å². The van der Waals surface area contributed by atoms with Crippen LogP contribution in [0.15, 0.2) is 65.6 Å². The highest BCUT2D eigenvalue weighted by molar-refractivity contribution is 6.01. The second-order valence-corrected chi connectivity index (χ2v) is 7.60. The minimum absolute atomic E-state index is 0.0312. The monoisotopic (exact) mass is 465 g/mol. The number of benzene rings is 2. The Morgan fingerprint density at radius 1 is 1.06 bits per heavy atom. The van der Waals surface area contributed by atoms with Gasteiger partial charge in [0.1, 0.15) is 22.7 Å². The lowest BCUT2D eigenvalue weighted by atomic mass is 10.0. The van der Waals surface area contributed by atoms with Crippen LogP contribution in [-0.4, -0.2) is 40.8 Å². The number of aromatic nitrogens is 2. The molecule has 0 aliphatic carbocycles. The van der Waals surface area contributed by atoms with Gasteiger partial charge in [-0.1, -0.05) is 12.1 Å². The molecule has 0 aliphatic heterocycles. The van der Waals surface area contributed by atoms with Gasteiger partial charge in [-0.2, -0.15) is 0 Å². The first kappa shape index (κ1) is 23.1. The van der Waals surface area contributed by atoms with Gasteiger partial charge in [-0.25, -0.2) is 8.78 Å². The van der Waals surface area contributed by atoms with Gasteiger partial charge < -0.3 is 15.2 Å². The van der Waals surface area contributed by atoms with E-state index in [1.54, 1.807) is 18.2 Å². The Morgan fingerprint density at radius 3 is 2.35 bits per heavy atom. The maximum atomic E-state index is 13.6. The molecule has 34 heavy (non-hydrogen) atoms. The summed E-state index contributed by atoms with van der Waals surface area (Å²) in [4.78, 5) is 30.5. The zero-order chi connectivity index (χ0) is 24.2. The lowest BCUT2D eigenvalue weighted by Gasteiger charge is -2.15. The molecule has 2 N–H and O–H groups in total. The summed E-state index contributed by atoms with van der Waals surface area (Å²) in [5.41, 5.74) is 0.801. The van der Waals surface area contributed by atoms with Crippen molar-refractivity contribution in [2.45, 2.75) is 6.42 Å². The predicted molar refractivity (Wildman–Crippen MR) is 122 cm³/mol. The second-order valence-electron chi connectivity index (χ2n) is 7.60. The third-order valence-electron chi connectivity index (χ3n) is 5.27. The normalized spacial score (nSPS) is 11.0. The lowest BCUT2D eigenvalue weighted by molar-refractivity contribution is 0.0933. The number of methoxy groups -OCH3 is 1. The molecule has 0 bridgehead atoms. The van der Waals surface area contributed by atoms with Crippen molar-refractivity contribution in [3.05, 3.63) is 99.5 Å². The molecule has 2 heterocycles. The average Bonchev–Trinajstić information content (AvgIpc) is 2.82. The van der Waals surface area contributed by atoms with Gasteiger partial charge in [0.25, 0.3) is 11.5 Å². The van der Waals surface area contributed by atoms with Gasteiger partial charge >= 0.3 is 0 Å². The maximum absolute atomic E-state index is 13.6. The van der Waals surface area contributed by atoms with E-state index in [0.717, 1.165) is 5.56 Å².